The van der Waals surface area contributed by atoms with Gasteiger partial charge in [-0.1, -0.05) is 31.5 Å². The van der Waals surface area contributed by atoms with Crippen LogP contribution >= 0.6 is 0 Å². The molecule has 2 rings (SSSR count). The zero-order chi connectivity index (χ0) is 16.7. The monoisotopic (exact) mass is 316 g/mol. The van der Waals surface area contributed by atoms with Crippen LogP contribution in [0.3, 0.4) is 0 Å². The quantitative estimate of drug-likeness (QED) is 0.771. The molecule has 0 saturated heterocycles. The Morgan fingerprint density at radius 1 is 1.30 bits per heavy atom. The minimum Gasteiger partial charge on any atom is -0.476 e. The van der Waals surface area contributed by atoms with Crippen molar-refractivity contribution >= 4 is 10.8 Å². The third-order valence-corrected chi connectivity index (χ3v) is 3.83. The van der Waals surface area contributed by atoms with Gasteiger partial charge in [-0.15, -0.1) is 0 Å². The Balaban J connectivity index is 2.08. The van der Waals surface area contributed by atoms with Gasteiger partial charge in [-0.25, -0.2) is 4.98 Å². The van der Waals surface area contributed by atoms with Gasteiger partial charge < -0.3 is 14.7 Å². The van der Waals surface area contributed by atoms with Crippen LogP contribution < -0.4 is 4.74 Å². The summed E-state index contributed by atoms with van der Waals surface area (Å²) in [7, 11) is 1.99. The second-order valence-electron chi connectivity index (χ2n) is 6.20. The highest BCUT2D eigenvalue weighted by molar-refractivity contribution is 5.87. The lowest BCUT2D eigenvalue weighted by Gasteiger charge is -2.18. The molecule has 0 amide bonds. The number of likely N-dealkylation sites (N-methyl/N-ethyl adjacent to an activating group) is 1. The van der Waals surface area contributed by atoms with E-state index in [0.29, 0.717) is 13.2 Å². The van der Waals surface area contributed by atoms with Gasteiger partial charge in [-0.3, -0.25) is 0 Å². The number of aliphatic hydroxyl groups excluding tert-OH is 1. The Labute approximate surface area is 139 Å². The number of hydrogen-bond donors (Lipinski definition) is 1. The number of hydrogen-bond acceptors (Lipinski definition) is 4. The molecular formula is C19H28N2O2. The highest BCUT2D eigenvalue weighted by Gasteiger charge is 2.08. The van der Waals surface area contributed by atoms with Gasteiger partial charge in [0.05, 0.1) is 6.10 Å². The van der Waals surface area contributed by atoms with Gasteiger partial charge in [0.2, 0.25) is 5.88 Å². The third kappa shape index (κ3) is 5.48. The van der Waals surface area contributed by atoms with Crippen molar-refractivity contribution in [2.45, 2.75) is 39.2 Å². The van der Waals surface area contributed by atoms with E-state index < -0.39 is 0 Å². The van der Waals surface area contributed by atoms with E-state index in [9.17, 15) is 5.11 Å². The molecule has 0 radical (unpaired) electrons. The number of rotatable bonds is 9. The molecule has 1 aromatic carbocycles. The van der Waals surface area contributed by atoms with Crippen LogP contribution in [0.5, 0.6) is 5.88 Å². The lowest BCUT2D eigenvalue weighted by Crippen LogP contribution is -2.31. The molecule has 0 bridgehead atoms. The van der Waals surface area contributed by atoms with Crippen molar-refractivity contribution in [2.24, 2.45) is 0 Å². The van der Waals surface area contributed by atoms with Gasteiger partial charge in [-0.05, 0) is 44.3 Å². The number of aromatic nitrogens is 1. The molecule has 0 aliphatic rings. The molecule has 126 valence electrons. The maximum atomic E-state index is 9.40. The number of aryl methyl sites for hydroxylation is 1. The van der Waals surface area contributed by atoms with Gasteiger partial charge >= 0.3 is 0 Å². The fraction of sp³-hybridized carbons (Fsp3) is 0.526. The molecule has 1 N–H and O–H groups in total. The van der Waals surface area contributed by atoms with Gasteiger partial charge in [0.1, 0.15) is 6.61 Å². The van der Waals surface area contributed by atoms with E-state index in [1.54, 1.807) is 6.92 Å². The van der Waals surface area contributed by atoms with Crippen molar-refractivity contribution in [3.8, 4) is 5.88 Å². The summed E-state index contributed by atoms with van der Waals surface area (Å²) in [5, 5.41) is 11.6. The Morgan fingerprint density at radius 2 is 2.09 bits per heavy atom. The first-order chi connectivity index (χ1) is 11.1. The largest absolute Gasteiger partial charge is 0.476 e. The highest BCUT2D eigenvalue weighted by atomic mass is 16.5. The van der Waals surface area contributed by atoms with Gasteiger partial charge in [0.15, 0.2) is 0 Å². The summed E-state index contributed by atoms with van der Waals surface area (Å²) >= 11 is 0. The fourth-order valence-electron chi connectivity index (χ4n) is 2.66. The van der Waals surface area contributed by atoms with Crippen molar-refractivity contribution in [3.05, 3.63) is 36.0 Å². The van der Waals surface area contributed by atoms with E-state index in [2.05, 4.69) is 30.0 Å². The molecule has 0 fully saturated rings. The Kier molecular flexibility index (Phi) is 6.81. The first-order valence-corrected chi connectivity index (χ1v) is 8.48. The maximum Gasteiger partial charge on any atom is 0.221 e. The molecule has 4 heteroatoms. The number of fused-ring (bicyclic) bond motifs is 1. The number of nitrogens with zero attached hydrogens (tertiary/aromatic N) is 2. The van der Waals surface area contributed by atoms with E-state index >= 15 is 0 Å². The molecule has 1 aromatic heterocycles. The third-order valence-electron chi connectivity index (χ3n) is 3.83. The number of benzene rings is 1. The Hall–Kier alpha value is -1.65. The van der Waals surface area contributed by atoms with Crippen molar-refractivity contribution in [1.82, 2.24) is 9.88 Å². The summed E-state index contributed by atoms with van der Waals surface area (Å²) in [5.74, 6) is 0.722. The standard InChI is InChI=1S/C19H28N2O2/c1-4-5-9-17-13-16-8-6-7-10-18(16)19(20-17)23-12-11-21(3)14-15(2)22/h6-8,10,13,15,22H,4-5,9,11-12,14H2,1-3H3. The van der Waals surface area contributed by atoms with E-state index in [1.165, 1.54) is 5.39 Å². The number of ether oxygens (including phenoxy) is 1. The van der Waals surface area contributed by atoms with Crippen molar-refractivity contribution in [3.63, 3.8) is 0 Å². The van der Waals surface area contributed by atoms with Crippen molar-refractivity contribution in [1.29, 1.82) is 0 Å². The Morgan fingerprint density at radius 3 is 2.83 bits per heavy atom. The summed E-state index contributed by atoms with van der Waals surface area (Å²) in [4.78, 5) is 6.77. The van der Waals surface area contributed by atoms with Crippen LogP contribution in [0.15, 0.2) is 30.3 Å². The van der Waals surface area contributed by atoms with Crippen LogP contribution in [0.1, 0.15) is 32.4 Å². The topological polar surface area (TPSA) is 45.6 Å². The minimum absolute atomic E-state index is 0.323. The molecule has 1 heterocycles. The molecule has 0 spiro atoms. The Bertz CT molecular complexity index is 613. The van der Waals surface area contributed by atoms with Crippen LogP contribution in [-0.2, 0) is 6.42 Å². The maximum absolute atomic E-state index is 9.40. The zero-order valence-corrected chi connectivity index (χ0v) is 14.5. The summed E-state index contributed by atoms with van der Waals surface area (Å²) in [6.07, 6.45) is 2.97. The summed E-state index contributed by atoms with van der Waals surface area (Å²) in [6, 6.07) is 10.4. The molecule has 4 nitrogen and oxygen atoms in total. The second kappa shape index (κ2) is 8.85. The highest BCUT2D eigenvalue weighted by Crippen LogP contribution is 2.25. The SMILES string of the molecule is CCCCc1cc2ccccc2c(OCCN(C)CC(C)O)n1. The normalized spacial score (nSPS) is 12.7. The lowest BCUT2D eigenvalue weighted by atomic mass is 10.1. The predicted molar refractivity (Wildman–Crippen MR) is 95.0 cm³/mol. The minimum atomic E-state index is -0.323. The lowest BCUT2D eigenvalue weighted by molar-refractivity contribution is 0.130. The number of unbranched alkanes of at least 4 members (excludes halogenated alkanes) is 1. The van der Waals surface area contributed by atoms with Crippen LogP contribution in [0, 0.1) is 0 Å². The predicted octanol–water partition coefficient (Wildman–Crippen LogP) is 3.27. The van der Waals surface area contributed by atoms with Crippen LogP contribution in [0.2, 0.25) is 0 Å². The summed E-state index contributed by atoms with van der Waals surface area (Å²) in [5.41, 5.74) is 1.10. The molecule has 0 aliphatic carbocycles. The smallest absolute Gasteiger partial charge is 0.221 e. The fourth-order valence-corrected chi connectivity index (χ4v) is 2.66. The summed E-state index contributed by atoms with van der Waals surface area (Å²) < 4.78 is 5.96. The first kappa shape index (κ1) is 17.7. The molecular weight excluding hydrogens is 288 g/mol. The number of pyridine rings is 1. The van der Waals surface area contributed by atoms with Gasteiger partial charge in [0.25, 0.3) is 0 Å². The first-order valence-electron chi connectivity index (χ1n) is 8.48. The van der Waals surface area contributed by atoms with Crippen molar-refractivity contribution < 1.29 is 9.84 Å². The van der Waals surface area contributed by atoms with E-state index in [1.807, 2.05) is 19.2 Å². The van der Waals surface area contributed by atoms with E-state index in [-0.39, 0.29) is 6.10 Å². The van der Waals surface area contributed by atoms with E-state index in [0.717, 1.165) is 42.8 Å². The van der Waals surface area contributed by atoms with Crippen LogP contribution in [0.25, 0.3) is 10.8 Å². The molecule has 0 aliphatic heterocycles. The van der Waals surface area contributed by atoms with Gasteiger partial charge in [-0.2, -0.15) is 0 Å². The molecule has 2 aromatic rings. The van der Waals surface area contributed by atoms with Crippen LogP contribution in [-0.4, -0.2) is 47.8 Å². The second-order valence-corrected chi connectivity index (χ2v) is 6.20. The average molecular weight is 316 g/mol. The van der Waals surface area contributed by atoms with Gasteiger partial charge in [0, 0.05) is 24.2 Å². The molecule has 0 saturated carbocycles. The number of aliphatic hydroxyl groups is 1. The van der Waals surface area contributed by atoms with E-state index in [4.69, 9.17) is 9.72 Å². The zero-order valence-electron chi connectivity index (χ0n) is 14.5. The molecule has 1 unspecified atom stereocenters. The van der Waals surface area contributed by atoms with Crippen molar-refractivity contribution in [2.75, 3.05) is 26.7 Å². The summed E-state index contributed by atoms with van der Waals surface area (Å²) in [6.45, 7) is 5.96. The molecule has 1 atom stereocenters. The molecule has 23 heavy (non-hydrogen) atoms. The van der Waals surface area contributed by atoms with Crippen LogP contribution in [0.4, 0.5) is 0 Å². The average Bonchev–Trinajstić information content (AvgIpc) is 2.52.